The van der Waals surface area contributed by atoms with Crippen molar-refractivity contribution in [2.24, 2.45) is 12.0 Å². The van der Waals surface area contributed by atoms with Gasteiger partial charge in [-0.2, -0.15) is 5.10 Å². The summed E-state index contributed by atoms with van der Waals surface area (Å²) in [6.07, 6.45) is 3.83. The lowest BCUT2D eigenvalue weighted by molar-refractivity contribution is -0.00805. The molecule has 0 bridgehead atoms. The molecule has 1 aliphatic heterocycles. The average Bonchev–Trinajstić information content (AvgIpc) is 3.15. The van der Waals surface area contributed by atoms with Gasteiger partial charge in [0.1, 0.15) is 17.6 Å². The number of hydrogen-bond donors (Lipinski definition) is 1. The zero-order chi connectivity index (χ0) is 19.2. The highest BCUT2D eigenvalue weighted by Crippen LogP contribution is 2.25. The molecule has 0 saturated carbocycles. The molecule has 8 heteroatoms. The highest BCUT2D eigenvalue weighted by atomic mass is 16.5. The molecule has 1 N–H and O–H groups in total. The first-order valence-corrected chi connectivity index (χ1v) is 8.91. The Labute approximate surface area is 159 Å². The van der Waals surface area contributed by atoms with E-state index in [1.807, 2.05) is 37.6 Å². The summed E-state index contributed by atoms with van der Waals surface area (Å²) >= 11 is 0. The van der Waals surface area contributed by atoms with Gasteiger partial charge in [0.05, 0.1) is 33.6 Å². The second-order valence-corrected chi connectivity index (χ2v) is 6.33. The molecular weight excluding hydrogens is 346 g/mol. The summed E-state index contributed by atoms with van der Waals surface area (Å²) in [5.41, 5.74) is 2.12. The molecule has 2 aromatic rings. The van der Waals surface area contributed by atoms with Gasteiger partial charge in [0, 0.05) is 50.6 Å². The van der Waals surface area contributed by atoms with Crippen LogP contribution in [0, 0.1) is 0 Å². The largest absolute Gasteiger partial charge is 0.497 e. The summed E-state index contributed by atoms with van der Waals surface area (Å²) in [5, 5.41) is 7.66. The van der Waals surface area contributed by atoms with Crippen molar-refractivity contribution in [2.75, 3.05) is 41.0 Å². The number of nitrogens with zero attached hydrogens (tertiary/aromatic N) is 4. The van der Waals surface area contributed by atoms with Gasteiger partial charge in [-0.05, 0) is 12.1 Å². The highest BCUT2D eigenvalue weighted by molar-refractivity contribution is 5.80. The molecule has 2 heterocycles. The minimum atomic E-state index is -0.0125. The number of benzene rings is 1. The van der Waals surface area contributed by atoms with Crippen LogP contribution >= 0.6 is 0 Å². The molecule has 1 fully saturated rings. The van der Waals surface area contributed by atoms with Crippen LogP contribution in [-0.4, -0.2) is 61.6 Å². The molecule has 1 saturated heterocycles. The summed E-state index contributed by atoms with van der Waals surface area (Å²) in [4.78, 5) is 6.64. The van der Waals surface area contributed by atoms with Crippen LogP contribution < -0.4 is 14.8 Å². The number of hydrogen-bond acceptors (Lipinski definition) is 5. The zero-order valence-corrected chi connectivity index (χ0v) is 16.3. The van der Waals surface area contributed by atoms with Gasteiger partial charge in [-0.3, -0.25) is 9.67 Å². The maximum Gasteiger partial charge on any atom is 0.194 e. The first kappa shape index (κ1) is 19.0. The fourth-order valence-electron chi connectivity index (χ4n) is 3.15. The van der Waals surface area contributed by atoms with E-state index in [2.05, 4.69) is 20.3 Å². The first-order chi connectivity index (χ1) is 13.1. The van der Waals surface area contributed by atoms with Crippen molar-refractivity contribution in [3.63, 3.8) is 0 Å². The number of aryl methyl sites for hydroxylation is 1. The first-order valence-electron chi connectivity index (χ1n) is 8.91. The van der Waals surface area contributed by atoms with Crippen molar-refractivity contribution in [3.8, 4) is 11.5 Å². The molecular formula is C19H27N5O3. The molecule has 1 aromatic heterocycles. The SMILES string of the molecule is CN=C(NCc1ccc(OC)cc1OC)N1CCOC(c2cnn(C)c2)C1. The van der Waals surface area contributed by atoms with Gasteiger partial charge in [0.2, 0.25) is 0 Å². The molecule has 8 nitrogen and oxygen atoms in total. The predicted octanol–water partition coefficient (Wildman–Crippen LogP) is 1.59. The minimum absolute atomic E-state index is 0.0125. The minimum Gasteiger partial charge on any atom is -0.497 e. The van der Waals surface area contributed by atoms with Crippen LogP contribution in [0.1, 0.15) is 17.2 Å². The Balaban J connectivity index is 1.65. The quantitative estimate of drug-likeness (QED) is 0.634. The second kappa shape index (κ2) is 8.77. The molecule has 0 radical (unpaired) electrons. The van der Waals surface area contributed by atoms with Crippen molar-refractivity contribution in [1.82, 2.24) is 20.0 Å². The Morgan fingerprint density at radius 2 is 2.22 bits per heavy atom. The van der Waals surface area contributed by atoms with Gasteiger partial charge in [0.25, 0.3) is 0 Å². The maximum absolute atomic E-state index is 5.92. The van der Waals surface area contributed by atoms with E-state index in [0.717, 1.165) is 41.7 Å². The summed E-state index contributed by atoms with van der Waals surface area (Å²) in [7, 11) is 7.01. The van der Waals surface area contributed by atoms with Crippen LogP contribution in [0.5, 0.6) is 11.5 Å². The number of ether oxygens (including phenoxy) is 3. The standard InChI is InChI=1S/C19H27N5O3/c1-20-19(21-10-14-5-6-16(25-3)9-17(14)26-4)24-7-8-27-18(13-24)15-11-22-23(2)12-15/h5-6,9,11-12,18H,7-8,10,13H2,1-4H3,(H,20,21). The summed E-state index contributed by atoms with van der Waals surface area (Å²) in [6, 6.07) is 5.80. The van der Waals surface area contributed by atoms with Gasteiger partial charge in [-0.25, -0.2) is 0 Å². The molecule has 3 rings (SSSR count). The van der Waals surface area contributed by atoms with Gasteiger partial charge < -0.3 is 24.4 Å². The number of methoxy groups -OCH3 is 2. The zero-order valence-electron chi connectivity index (χ0n) is 16.3. The lowest BCUT2D eigenvalue weighted by Crippen LogP contribution is -2.47. The Hall–Kier alpha value is -2.74. The number of nitrogens with one attached hydrogen (secondary N) is 1. The van der Waals surface area contributed by atoms with Crippen LogP contribution in [0.3, 0.4) is 0 Å². The molecule has 146 valence electrons. The van der Waals surface area contributed by atoms with Crippen LogP contribution in [0.4, 0.5) is 0 Å². The number of guanidine groups is 1. The number of aromatic nitrogens is 2. The summed E-state index contributed by atoms with van der Waals surface area (Å²) in [6.45, 7) is 2.77. The topological polar surface area (TPSA) is 73.1 Å². The van der Waals surface area contributed by atoms with Crippen molar-refractivity contribution in [2.45, 2.75) is 12.6 Å². The van der Waals surface area contributed by atoms with Crippen molar-refractivity contribution in [3.05, 3.63) is 41.7 Å². The van der Waals surface area contributed by atoms with Gasteiger partial charge in [-0.15, -0.1) is 0 Å². The van der Waals surface area contributed by atoms with Crippen LogP contribution in [0.15, 0.2) is 35.6 Å². The fourth-order valence-corrected chi connectivity index (χ4v) is 3.15. The number of rotatable bonds is 5. The molecule has 1 aliphatic rings. The Morgan fingerprint density at radius 3 is 2.89 bits per heavy atom. The van der Waals surface area contributed by atoms with E-state index >= 15 is 0 Å². The number of morpholine rings is 1. The predicted molar refractivity (Wildman–Crippen MR) is 103 cm³/mol. The lowest BCUT2D eigenvalue weighted by atomic mass is 10.1. The van der Waals surface area contributed by atoms with Crippen molar-refractivity contribution < 1.29 is 14.2 Å². The third-order valence-corrected chi connectivity index (χ3v) is 4.61. The third kappa shape index (κ3) is 4.51. The van der Waals surface area contributed by atoms with Gasteiger partial charge in [-0.1, -0.05) is 0 Å². The highest BCUT2D eigenvalue weighted by Gasteiger charge is 2.25. The normalized spacial score (nSPS) is 17.7. The van der Waals surface area contributed by atoms with Crippen LogP contribution in [0.25, 0.3) is 0 Å². The maximum atomic E-state index is 5.92. The van der Waals surface area contributed by atoms with E-state index in [1.165, 1.54) is 0 Å². The van der Waals surface area contributed by atoms with E-state index in [9.17, 15) is 0 Å². The van der Waals surface area contributed by atoms with E-state index in [4.69, 9.17) is 14.2 Å². The Kier molecular flexibility index (Phi) is 6.18. The molecule has 0 spiro atoms. The number of aliphatic imine (C=N–C) groups is 1. The molecule has 1 atom stereocenters. The Bertz CT molecular complexity index is 789. The van der Waals surface area contributed by atoms with E-state index in [1.54, 1.807) is 25.9 Å². The summed E-state index contributed by atoms with van der Waals surface area (Å²) < 4.78 is 18.4. The van der Waals surface area contributed by atoms with Crippen molar-refractivity contribution >= 4 is 5.96 Å². The van der Waals surface area contributed by atoms with Crippen molar-refractivity contribution in [1.29, 1.82) is 0 Å². The van der Waals surface area contributed by atoms with Gasteiger partial charge >= 0.3 is 0 Å². The Morgan fingerprint density at radius 1 is 1.37 bits per heavy atom. The molecule has 0 aliphatic carbocycles. The smallest absolute Gasteiger partial charge is 0.194 e. The molecule has 1 aromatic carbocycles. The molecule has 0 amide bonds. The van der Waals surface area contributed by atoms with E-state index in [0.29, 0.717) is 13.2 Å². The van der Waals surface area contributed by atoms with Crippen LogP contribution in [-0.2, 0) is 18.3 Å². The van der Waals surface area contributed by atoms with E-state index in [-0.39, 0.29) is 6.10 Å². The third-order valence-electron chi connectivity index (χ3n) is 4.61. The second-order valence-electron chi connectivity index (χ2n) is 6.33. The van der Waals surface area contributed by atoms with E-state index < -0.39 is 0 Å². The van der Waals surface area contributed by atoms with Crippen LogP contribution in [0.2, 0.25) is 0 Å². The summed E-state index contributed by atoms with van der Waals surface area (Å²) in [5.74, 6) is 2.39. The molecule has 27 heavy (non-hydrogen) atoms. The average molecular weight is 373 g/mol. The molecule has 1 unspecified atom stereocenters. The monoisotopic (exact) mass is 373 g/mol. The fraction of sp³-hybridized carbons (Fsp3) is 0.474. The lowest BCUT2D eigenvalue weighted by Gasteiger charge is -2.34. The van der Waals surface area contributed by atoms with Gasteiger partial charge in [0.15, 0.2) is 5.96 Å².